The molecule has 4 fully saturated rings. The summed E-state index contributed by atoms with van der Waals surface area (Å²) in [5.74, 6) is -0.647. The molecule has 0 radical (unpaired) electrons. The lowest BCUT2D eigenvalue weighted by molar-refractivity contribution is -0.187. The number of hydrazine groups is 1. The molecule has 2 aliphatic carbocycles. The Balaban J connectivity index is 1.34. The first-order valence-electron chi connectivity index (χ1n) is 16.0. The predicted octanol–water partition coefficient (Wildman–Crippen LogP) is 5.36. The Labute approximate surface area is 244 Å². The average molecular weight is 605 g/mol. The van der Waals surface area contributed by atoms with Crippen LogP contribution in [-0.4, -0.2) is 57.9 Å². The van der Waals surface area contributed by atoms with Crippen LogP contribution in [0.2, 0.25) is 0 Å². The molecule has 42 heavy (non-hydrogen) atoms. The maximum absolute atomic E-state index is 14.4. The highest BCUT2D eigenvalue weighted by atomic mass is 19.4. The SMILES string of the molecule is [2H]C([2H])(c1cc(C(F)(F)F)c2cn(C3CCCC([C@@H](C4CCC4)C4NNCN4C)C3)c(=O)n2c1)N1CCC[C@@H](C(F)(F)F)C1. The highest BCUT2D eigenvalue weighted by Crippen LogP contribution is 2.47. The number of pyridine rings is 1. The molecular weight excluding hydrogens is 562 g/mol. The van der Waals surface area contributed by atoms with Crippen LogP contribution in [0, 0.1) is 23.7 Å². The molecule has 0 bridgehead atoms. The van der Waals surface area contributed by atoms with Crippen molar-refractivity contribution in [2.45, 2.75) is 88.8 Å². The molecule has 13 heteroatoms. The van der Waals surface area contributed by atoms with E-state index in [2.05, 4.69) is 22.8 Å². The van der Waals surface area contributed by atoms with Gasteiger partial charge in [0.1, 0.15) is 0 Å². The Morgan fingerprint density at radius 3 is 2.40 bits per heavy atom. The first kappa shape index (κ1) is 27.5. The summed E-state index contributed by atoms with van der Waals surface area (Å²) in [7, 11) is 2.05. The Bertz CT molecular complexity index is 1410. The Kier molecular flexibility index (Phi) is 7.48. The van der Waals surface area contributed by atoms with Gasteiger partial charge in [-0.1, -0.05) is 25.7 Å². The van der Waals surface area contributed by atoms with Crippen molar-refractivity contribution < 1.29 is 29.1 Å². The maximum atomic E-state index is 14.4. The molecule has 0 amide bonds. The van der Waals surface area contributed by atoms with Crippen LogP contribution in [0.5, 0.6) is 0 Å². The summed E-state index contributed by atoms with van der Waals surface area (Å²) in [5.41, 5.74) is 3.86. The zero-order valence-electron chi connectivity index (χ0n) is 25.6. The number of fused-ring (bicyclic) bond motifs is 1. The third-order valence-corrected chi connectivity index (χ3v) is 10.0. The lowest BCUT2D eigenvalue weighted by Crippen LogP contribution is -2.50. The van der Waals surface area contributed by atoms with Crippen molar-refractivity contribution in [1.82, 2.24) is 29.6 Å². The molecule has 2 aliphatic heterocycles. The van der Waals surface area contributed by atoms with Crippen LogP contribution in [0.25, 0.3) is 5.52 Å². The van der Waals surface area contributed by atoms with Crippen molar-refractivity contribution in [1.29, 1.82) is 0 Å². The van der Waals surface area contributed by atoms with Crippen LogP contribution in [0.15, 0.2) is 23.3 Å². The Morgan fingerprint density at radius 2 is 1.76 bits per heavy atom. The van der Waals surface area contributed by atoms with Gasteiger partial charge < -0.3 is 0 Å². The summed E-state index contributed by atoms with van der Waals surface area (Å²) >= 11 is 0. The van der Waals surface area contributed by atoms with Crippen LogP contribution in [0.1, 0.15) is 77.7 Å². The van der Waals surface area contributed by atoms with Gasteiger partial charge in [-0.05, 0) is 75.1 Å². The zero-order valence-corrected chi connectivity index (χ0v) is 23.6. The summed E-state index contributed by atoms with van der Waals surface area (Å²) < 4.78 is 103. The second-order valence-electron chi connectivity index (χ2n) is 12.7. The van der Waals surface area contributed by atoms with Gasteiger partial charge in [-0.2, -0.15) is 26.3 Å². The number of rotatable bonds is 6. The molecule has 7 nitrogen and oxygen atoms in total. The maximum Gasteiger partial charge on any atom is 0.418 e. The van der Waals surface area contributed by atoms with Crippen molar-refractivity contribution in [3.63, 3.8) is 0 Å². The molecule has 3 unspecified atom stereocenters. The monoisotopic (exact) mass is 604 g/mol. The topological polar surface area (TPSA) is 57.0 Å². The third-order valence-electron chi connectivity index (χ3n) is 10.0. The molecule has 2 saturated carbocycles. The van der Waals surface area contributed by atoms with E-state index >= 15 is 0 Å². The van der Waals surface area contributed by atoms with Crippen molar-refractivity contribution in [2.24, 2.45) is 23.7 Å². The molecule has 234 valence electrons. The first-order chi connectivity index (χ1) is 20.7. The van der Waals surface area contributed by atoms with Gasteiger partial charge in [0.25, 0.3) is 0 Å². The lowest BCUT2D eigenvalue weighted by atomic mass is 9.65. The Morgan fingerprint density at radius 1 is 1.02 bits per heavy atom. The van der Waals surface area contributed by atoms with Crippen LogP contribution < -0.4 is 16.5 Å². The van der Waals surface area contributed by atoms with E-state index in [-0.39, 0.29) is 43.0 Å². The van der Waals surface area contributed by atoms with Crippen molar-refractivity contribution >= 4 is 5.52 Å². The number of alkyl halides is 6. The fourth-order valence-electron chi connectivity index (χ4n) is 7.69. The number of aromatic nitrogens is 2. The van der Waals surface area contributed by atoms with Crippen LogP contribution in [-0.2, 0) is 12.7 Å². The number of likely N-dealkylation sites (tertiary alicyclic amines) is 1. The second kappa shape index (κ2) is 11.4. The molecule has 2 N–H and O–H groups in total. The predicted molar refractivity (Wildman–Crippen MR) is 145 cm³/mol. The first-order valence-corrected chi connectivity index (χ1v) is 15.0. The average Bonchev–Trinajstić information content (AvgIpc) is 3.51. The van der Waals surface area contributed by atoms with Gasteiger partial charge in [0.2, 0.25) is 0 Å². The number of imidazole rings is 1. The van der Waals surface area contributed by atoms with E-state index in [0.717, 1.165) is 41.2 Å². The number of nitrogens with one attached hydrogen (secondary N) is 2. The fourth-order valence-corrected chi connectivity index (χ4v) is 7.69. The van der Waals surface area contributed by atoms with Gasteiger partial charge in [0.15, 0.2) is 0 Å². The number of hydrogen-bond acceptors (Lipinski definition) is 5. The number of halogens is 6. The summed E-state index contributed by atoms with van der Waals surface area (Å²) in [4.78, 5) is 16.9. The fraction of sp³-hybridized carbons (Fsp3) is 0.759. The summed E-state index contributed by atoms with van der Waals surface area (Å²) in [6.07, 6.45) is -0.638. The minimum atomic E-state index is -4.91. The van der Waals surface area contributed by atoms with Gasteiger partial charge in [-0.15, -0.1) is 0 Å². The quantitative estimate of drug-likeness (QED) is 0.435. The van der Waals surface area contributed by atoms with Gasteiger partial charge in [0.05, 0.1) is 29.8 Å². The smallest absolute Gasteiger partial charge is 0.298 e. The molecule has 4 aliphatic rings. The van der Waals surface area contributed by atoms with Crippen molar-refractivity contribution in [2.75, 3.05) is 26.8 Å². The van der Waals surface area contributed by atoms with E-state index in [4.69, 9.17) is 2.74 Å². The molecule has 4 heterocycles. The molecule has 0 spiro atoms. The summed E-state index contributed by atoms with van der Waals surface area (Å²) in [6, 6.07) is 0.334. The summed E-state index contributed by atoms with van der Waals surface area (Å²) in [6.45, 7) is -2.66. The number of piperidine rings is 1. The molecule has 5 atom stereocenters. The van der Waals surface area contributed by atoms with Gasteiger partial charge in [-0.3, -0.25) is 18.8 Å². The van der Waals surface area contributed by atoms with Gasteiger partial charge in [-0.25, -0.2) is 15.6 Å². The standard InChI is InChI=1S/C29H40F6N6O/c1-38-17-36-37-26(38)25(19-5-2-6-19)20-7-3-9-22(12-20)40-16-24-23(29(33,34)35)11-18(14-41(24)27(40)42)13-39-10-4-8-21(15-39)28(30,31)32/h11,14,16,19-22,25-26,36-37H,2-10,12-13,15,17H2,1H3/t20?,21-,22?,25-,26?/m1/s1/i13D2. The molecule has 0 aromatic carbocycles. The number of nitrogens with zero attached hydrogens (tertiary/aromatic N) is 4. The number of hydrogen-bond donors (Lipinski definition) is 2. The normalized spacial score (nSPS) is 30.7. The van der Waals surface area contributed by atoms with E-state index in [1.54, 1.807) is 0 Å². The second-order valence-corrected chi connectivity index (χ2v) is 12.7. The van der Waals surface area contributed by atoms with E-state index in [1.807, 2.05) is 0 Å². The zero-order chi connectivity index (χ0) is 31.6. The largest absolute Gasteiger partial charge is 0.418 e. The summed E-state index contributed by atoms with van der Waals surface area (Å²) in [5, 5.41) is 0. The molecule has 6 rings (SSSR count). The minimum absolute atomic E-state index is 0.0406. The highest BCUT2D eigenvalue weighted by molar-refractivity contribution is 5.56. The van der Waals surface area contributed by atoms with Gasteiger partial charge in [0, 0.05) is 34.2 Å². The molecular formula is C29H40F6N6O. The lowest BCUT2D eigenvalue weighted by Gasteiger charge is -2.46. The van der Waals surface area contributed by atoms with E-state index in [0.29, 0.717) is 37.4 Å². The molecule has 2 saturated heterocycles. The van der Waals surface area contributed by atoms with Crippen molar-refractivity contribution in [3.8, 4) is 0 Å². The van der Waals surface area contributed by atoms with Crippen LogP contribution >= 0.6 is 0 Å². The van der Waals surface area contributed by atoms with E-state index < -0.39 is 48.1 Å². The Hall–Kier alpha value is -2.09. The van der Waals surface area contributed by atoms with E-state index in [9.17, 15) is 31.1 Å². The van der Waals surface area contributed by atoms with Crippen molar-refractivity contribution in [3.05, 3.63) is 40.1 Å². The minimum Gasteiger partial charge on any atom is -0.298 e. The van der Waals surface area contributed by atoms with Gasteiger partial charge >= 0.3 is 18.0 Å². The molecule has 2 aromatic heterocycles. The van der Waals surface area contributed by atoms with Crippen LogP contribution in [0.4, 0.5) is 26.3 Å². The molecule has 2 aromatic rings. The third kappa shape index (κ3) is 5.86. The van der Waals surface area contributed by atoms with E-state index in [1.165, 1.54) is 17.2 Å². The highest BCUT2D eigenvalue weighted by Gasteiger charge is 2.44. The van der Waals surface area contributed by atoms with Crippen LogP contribution in [0.3, 0.4) is 0 Å².